The third-order valence-corrected chi connectivity index (χ3v) is 6.08. The lowest BCUT2D eigenvalue weighted by atomic mass is 10.2. The fourth-order valence-electron chi connectivity index (χ4n) is 4.40. The van der Waals surface area contributed by atoms with Crippen molar-refractivity contribution < 1.29 is 18.3 Å². The first-order chi connectivity index (χ1) is 17.6. The lowest BCUT2D eigenvalue weighted by Crippen LogP contribution is -2.36. The summed E-state index contributed by atoms with van der Waals surface area (Å²) in [7, 11) is 0. The van der Waals surface area contributed by atoms with Crippen LogP contribution in [0, 0.1) is 0 Å². The van der Waals surface area contributed by atoms with Crippen molar-refractivity contribution in [3.8, 4) is 11.4 Å². The van der Waals surface area contributed by atoms with E-state index >= 15 is 0 Å². The Kier molecular flexibility index (Phi) is 7.52. The number of carbonyl (C=O) groups excluding carboxylic acids is 1. The molecule has 1 unspecified atom stereocenters. The maximum absolute atomic E-state index is 13.7. The smallest absolute Gasteiger partial charge is 0.410 e. The molecule has 2 saturated heterocycles. The molecule has 9 nitrogen and oxygen atoms in total. The maximum Gasteiger partial charge on any atom is 0.410 e. The predicted octanol–water partition coefficient (Wildman–Crippen LogP) is 5.08. The minimum absolute atomic E-state index is 0.0556. The summed E-state index contributed by atoms with van der Waals surface area (Å²) in [6.07, 6.45) is 5.32. The van der Waals surface area contributed by atoms with Crippen molar-refractivity contribution in [3.63, 3.8) is 0 Å². The maximum atomic E-state index is 13.7. The summed E-state index contributed by atoms with van der Waals surface area (Å²) in [5.74, 6) is -1.53. The lowest BCUT2D eigenvalue weighted by molar-refractivity contribution is 0.0255. The number of anilines is 2. The van der Waals surface area contributed by atoms with E-state index in [-0.39, 0.29) is 31.6 Å². The van der Waals surface area contributed by atoms with Gasteiger partial charge in [0.2, 0.25) is 0 Å². The van der Waals surface area contributed by atoms with Crippen LogP contribution in [0.1, 0.15) is 47.5 Å². The normalized spacial score (nSPS) is 19.1. The molecule has 0 saturated carbocycles. The number of amides is 1. The number of hydrogen-bond donors (Lipinski definition) is 1. The number of pyridine rings is 1. The van der Waals surface area contributed by atoms with E-state index in [9.17, 15) is 13.6 Å². The molecule has 2 aliphatic heterocycles. The molecule has 0 spiro atoms. The van der Waals surface area contributed by atoms with Crippen molar-refractivity contribution in [2.24, 2.45) is 0 Å². The largest absolute Gasteiger partial charge is 0.444 e. The van der Waals surface area contributed by atoms with Crippen molar-refractivity contribution >= 4 is 23.4 Å². The second kappa shape index (κ2) is 10.5. The van der Waals surface area contributed by atoms with Gasteiger partial charge in [0.05, 0.1) is 36.5 Å². The number of nitrogens with one attached hydrogen (secondary N) is 1. The summed E-state index contributed by atoms with van der Waals surface area (Å²) >= 11 is 0. The Morgan fingerprint density at radius 3 is 2.65 bits per heavy atom. The number of ether oxygens (including phenoxy) is 1. The summed E-state index contributed by atoms with van der Waals surface area (Å²) < 4.78 is 34.7. The monoisotopic (exact) mass is 515 g/mol. The van der Waals surface area contributed by atoms with Crippen molar-refractivity contribution in [1.29, 1.82) is 0 Å². The van der Waals surface area contributed by atoms with Crippen LogP contribution < -0.4 is 10.2 Å². The highest BCUT2D eigenvalue weighted by Crippen LogP contribution is 2.31. The number of nitrogens with zero attached hydrogens (tertiary/aromatic N) is 6. The molecule has 1 amide bonds. The van der Waals surface area contributed by atoms with Crippen molar-refractivity contribution in [3.05, 3.63) is 36.8 Å². The van der Waals surface area contributed by atoms with Gasteiger partial charge in [-0.15, -0.1) is 0 Å². The highest BCUT2D eigenvalue weighted by molar-refractivity contribution is 5.69. The summed E-state index contributed by atoms with van der Waals surface area (Å²) in [4.78, 5) is 29.1. The molecule has 1 N–H and O–H groups in total. The second-order valence-corrected chi connectivity index (χ2v) is 10.1. The van der Waals surface area contributed by atoms with E-state index in [4.69, 9.17) is 9.72 Å². The van der Waals surface area contributed by atoms with Gasteiger partial charge < -0.3 is 19.9 Å². The third kappa shape index (κ3) is 6.26. The molecule has 200 valence electrons. The molecular formula is C26H35F2N7O2. The Labute approximate surface area is 215 Å². The molecule has 0 aromatic carbocycles. The minimum Gasteiger partial charge on any atom is -0.444 e. The Balaban J connectivity index is 0.00000156. The van der Waals surface area contributed by atoms with Crippen molar-refractivity contribution in [1.82, 2.24) is 24.3 Å². The summed E-state index contributed by atoms with van der Waals surface area (Å²) in [5, 5.41) is 3.41. The summed E-state index contributed by atoms with van der Waals surface area (Å²) in [6.45, 7) is 10.6. The Morgan fingerprint density at radius 1 is 1.16 bits per heavy atom. The third-order valence-electron chi connectivity index (χ3n) is 6.08. The minimum atomic E-state index is -2.70. The van der Waals surface area contributed by atoms with Crippen molar-refractivity contribution in [2.75, 3.05) is 36.4 Å². The molecule has 0 bridgehead atoms. The van der Waals surface area contributed by atoms with Gasteiger partial charge in [-0.1, -0.05) is 19.9 Å². The lowest BCUT2D eigenvalue weighted by Gasteiger charge is -2.24. The number of fused-ring (bicyclic) bond motifs is 1. The molecule has 3 aromatic rings. The number of rotatable bonds is 4. The number of hydrogen-bond acceptors (Lipinski definition) is 7. The quantitative estimate of drug-likeness (QED) is 0.518. The zero-order chi connectivity index (χ0) is 26.8. The van der Waals surface area contributed by atoms with Gasteiger partial charge in [0.1, 0.15) is 17.2 Å². The van der Waals surface area contributed by atoms with Crippen LogP contribution in [0.25, 0.3) is 17.0 Å². The molecule has 5 heterocycles. The molecule has 11 heteroatoms. The second-order valence-electron chi connectivity index (χ2n) is 10.1. The van der Waals surface area contributed by atoms with Gasteiger partial charge in [0.15, 0.2) is 5.65 Å². The van der Waals surface area contributed by atoms with Crippen LogP contribution >= 0.6 is 0 Å². The highest BCUT2D eigenvalue weighted by atomic mass is 19.3. The standard InChI is InChI=1S/C24H29F2N7O2.C2H6/c1-23(2,3)35-22(34)31-9-7-16(13-31)29-19-6-4-5-17(30-19)18-11-27-20-12-28-21(14-33(18)20)32-10-8-24(25,26)15-32;1-2/h4-6,11-12,14,16H,7-10,13,15H2,1-3H3,(H,29,30);1-2H3. The fourth-order valence-corrected chi connectivity index (χ4v) is 4.40. The Bertz CT molecular complexity index is 1240. The van der Waals surface area contributed by atoms with Crippen LogP contribution in [-0.2, 0) is 4.74 Å². The van der Waals surface area contributed by atoms with Gasteiger partial charge >= 0.3 is 6.09 Å². The van der Waals surface area contributed by atoms with Gasteiger partial charge in [0.25, 0.3) is 5.92 Å². The zero-order valence-electron chi connectivity index (χ0n) is 22.0. The zero-order valence-corrected chi connectivity index (χ0v) is 22.0. The number of aromatic nitrogens is 4. The number of imidazole rings is 1. The van der Waals surface area contributed by atoms with E-state index in [2.05, 4.69) is 15.3 Å². The summed E-state index contributed by atoms with van der Waals surface area (Å²) in [6, 6.07) is 5.70. The molecule has 37 heavy (non-hydrogen) atoms. The first-order valence-electron chi connectivity index (χ1n) is 12.7. The topological polar surface area (TPSA) is 87.9 Å². The van der Waals surface area contributed by atoms with Gasteiger partial charge in [-0.3, -0.25) is 4.40 Å². The SMILES string of the molecule is CC.CC(C)(C)OC(=O)N1CCC(Nc2cccc(-c3cnc4cnc(N5CCC(F)(F)C5)cn34)n2)C1. The van der Waals surface area contributed by atoms with Crippen LogP contribution in [-0.4, -0.2) is 74.1 Å². The first kappa shape index (κ1) is 26.6. The van der Waals surface area contributed by atoms with Gasteiger partial charge in [-0.2, -0.15) is 0 Å². The average molecular weight is 516 g/mol. The van der Waals surface area contributed by atoms with Gasteiger partial charge in [0, 0.05) is 32.1 Å². The van der Waals surface area contributed by atoms with Crippen LogP contribution in [0.3, 0.4) is 0 Å². The number of carbonyl (C=O) groups is 1. The fraction of sp³-hybridized carbons (Fsp3) is 0.538. The van der Waals surface area contributed by atoms with E-state index in [0.29, 0.717) is 36.1 Å². The van der Waals surface area contributed by atoms with Gasteiger partial charge in [-0.25, -0.2) is 28.5 Å². The van der Waals surface area contributed by atoms with Crippen LogP contribution in [0.5, 0.6) is 0 Å². The number of alkyl halides is 2. The van der Waals surface area contributed by atoms with E-state index in [1.54, 1.807) is 28.4 Å². The van der Waals surface area contributed by atoms with E-state index in [1.807, 2.05) is 57.2 Å². The molecule has 0 radical (unpaired) electrons. The number of halogens is 2. The molecular weight excluding hydrogens is 480 g/mol. The van der Waals surface area contributed by atoms with Crippen LogP contribution in [0.15, 0.2) is 36.8 Å². The highest BCUT2D eigenvalue weighted by Gasteiger charge is 2.39. The number of likely N-dealkylation sites (tertiary alicyclic amines) is 1. The van der Waals surface area contributed by atoms with E-state index in [1.165, 1.54) is 0 Å². The molecule has 3 aromatic heterocycles. The molecule has 2 fully saturated rings. The molecule has 2 aliphatic rings. The van der Waals surface area contributed by atoms with Crippen LogP contribution in [0.2, 0.25) is 0 Å². The predicted molar refractivity (Wildman–Crippen MR) is 139 cm³/mol. The Morgan fingerprint density at radius 2 is 1.95 bits per heavy atom. The van der Waals surface area contributed by atoms with Crippen molar-refractivity contribution in [2.45, 2.75) is 65.0 Å². The Hall–Kier alpha value is -3.50. The molecule has 0 aliphatic carbocycles. The van der Waals surface area contributed by atoms with E-state index in [0.717, 1.165) is 12.1 Å². The molecule has 1 atom stereocenters. The van der Waals surface area contributed by atoms with Crippen LogP contribution in [0.4, 0.5) is 25.2 Å². The van der Waals surface area contributed by atoms with Gasteiger partial charge in [-0.05, 0) is 39.3 Å². The first-order valence-corrected chi connectivity index (χ1v) is 12.7. The summed E-state index contributed by atoms with van der Waals surface area (Å²) in [5.41, 5.74) is 1.50. The van der Waals surface area contributed by atoms with E-state index < -0.39 is 11.5 Å². The average Bonchev–Trinajstić information content (AvgIpc) is 3.57. The molecule has 5 rings (SSSR count).